The Morgan fingerprint density at radius 2 is 1.86 bits per heavy atom. The Balaban J connectivity index is 1.62. The second-order valence-corrected chi connectivity index (χ2v) is 8.47. The third-order valence-electron chi connectivity index (χ3n) is 4.58. The molecule has 0 aliphatic heterocycles. The van der Waals surface area contributed by atoms with E-state index in [-0.39, 0.29) is 11.4 Å². The largest absolute Gasteiger partial charge is 0.492 e. The van der Waals surface area contributed by atoms with Crippen molar-refractivity contribution >= 4 is 6.03 Å². The first kappa shape index (κ1) is 21.8. The maximum atomic E-state index is 11.9. The second-order valence-electron chi connectivity index (χ2n) is 8.47. The van der Waals surface area contributed by atoms with E-state index in [9.17, 15) is 4.79 Å². The first-order valence-electron chi connectivity index (χ1n) is 9.91. The van der Waals surface area contributed by atoms with E-state index in [4.69, 9.17) is 4.74 Å². The molecule has 1 atom stereocenters. The summed E-state index contributed by atoms with van der Waals surface area (Å²) in [6.07, 6.45) is 0. The number of hydrogen-bond donors (Lipinski definition) is 2. The highest BCUT2D eigenvalue weighted by Gasteiger charge is 2.13. The summed E-state index contributed by atoms with van der Waals surface area (Å²) in [4.78, 5) is 11.9. The smallest absolute Gasteiger partial charge is 0.314 e. The zero-order valence-corrected chi connectivity index (χ0v) is 18.0. The van der Waals surface area contributed by atoms with Crippen LogP contribution < -0.4 is 15.4 Å². The van der Waals surface area contributed by atoms with Gasteiger partial charge in [0.1, 0.15) is 12.4 Å². The van der Waals surface area contributed by atoms with Crippen LogP contribution in [0.15, 0.2) is 30.3 Å². The van der Waals surface area contributed by atoms with Gasteiger partial charge >= 0.3 is 6.03 Å². The molecule has 0 saturated heterocycles. The molecule has 0 aliphatic rings. The molecule has 154 valence electrons. The number of carbonyl (C=O) groups excluding carboxylic acids is 1. The highest BCUT2D eigenvalue weighted by atomic mass is 16.5. The minimum atomic E-state index is -0.174. The summed E-state index contributed by atoms with van der Waals surface area (Å²) in [7, 11) is 0. The van der Waals surface area contributed by atoms with E-state index in [0.717, 1.165) is 23.7 Å². The number of carbonyl (C=O) groups is 1. The van der Waals surface area contributed by atoms with Crippen molar-refractivity contribution in [3.8, 4) is 5.75 Å². The number of aromatic nitrogens is 2. The van der Waals surface area contributed by atoms with Crippen molar-refractivity contribution in [2.24, 2.45) is 5.92 Å². The molecule has 0 fully saturated rings. The topological polar surface area (TPSA) is 68.2 Å². The maximum Gasteiger partial charge on any atom is 0.314 e. The zero-order valence-electron chi connectivity index (χ0n) is 18.0. The van der Waals surface area contributed by atoms with Crippen LogP contribution in [0.25, 0.3) is 0 Å². The van der Waals surface area contributed by atoms with Crippen LogP contribution in [0, 0.1) is 19.8 Å². The van der Waals surface area contributed by atoms with Crippen molar-refractivity contribution in [2.75, 3.05) is 19.7 Å². The molecular weight excluding hydrogens is 352 g/mol. The van der Waals surface area contributed by atoms with Gasteiger partial charge in [0.2, 0.25) is 0 Å². The number of urea groups is 1. The molecule has 6 heteroatoms. The van der Waals surface area contributed by atoms with E-state index in [1.807, 2.05) is 30.7 Å². The molecule has 0 aliphatic carbocycles. The normalized spacial score (nSPS) is 12.5. The molecule has 6 nitrogen and oxygen atoms in total. The summed E-state index contributed by atoms with van der Waals surface area (Å²) in [6, 6.07) is 10.00. The lowest BCUT2D eigenvalue weighted by Gasteiger charge is -2.19. The number of amides is 2. The molecule has 0 spiro atoms. The Morgan fingerprint density at radius 3 is 2.43 bits per heavy atom. The van der Waals surface area contributed by atoms with Gasteiger partial charge < -0.3 is 15.4 Å². The minimum Gasteiger partial charge on any atom is -0.492 e. The van der Waals surface area contributed by atoms with E-state index in [1.165, 1.54) is 5.56 Å². The molecule has 0 radical (unpaired) electrons. The van der Waals surface area contributed by atoms with Crippen molar-refractivity contribution in [1.82, 2.24) is 20.4 Å². The lowest BCUT2D eigenvalue weighted by molar-refractivity contribution is 0.234. The fraction of sp³-hybridized carbons (Fsp3) is 0.545. The SMILES string of the molecule is Cc1cc(C)n(CC(C)CNC(=O)NCCOc2ccc(C(C)(C)C)cc2)n1. The Morgan fingerprint density at radius 1 is 1.18 bits per heavy atom. The van der Waals surface area contributed by atoms with Crippen molar-refractivity contribution < 1.29 is 9.53 Å². The van der Waals surface area contributed by atoms with Gasteiger partial charge in [-0.2, -0.15) is 5.10 Å². The number of aryl methyl sites for hydroxylation is 2. The van der Waals surface area contributed by atoms with Gasteiger partial charge in [-0.1, -0.05) is 39.8 Å². The number of hydrogen-bond acceptors (Lipinski definition) is 3. The molecule has 1 unspecified atom stereocenters. The summed E-state index contributed by atoms with van der Waals surface area (Å²) >= 11 is 0. The summed E-state index contributed by atoms with van der Waals surface area (Å²) in [5, 5.41) is 10.2. The maximum absolute atomic E-state index is 11.9. The molecule has 0 bridgehead atoms. The molecular formula is C22H34N4O2. The van der Waals surface area contributed by atoms with Crippen LogP contribution in [0.1, 0.15) is 44.6 Å². The molecule has 0 saturated carbocycles. The van der Waals surface area contributed by atoms with Crippen molar-refractivity contribution in [3.05, 3.63) is 47.3 Å². The predicted octanol–water partition coefficient (Wildman–Crippen LogP) is 3.81. The first-order valence-corrected chi connectivity index (χ1v) is 9.91. The Bertz CT molecular complexity index is 760. The zero-order chi connectivity index (χ0) is 20.7. The van der Waals surface area contributed by atoms with Gasteiger partial charge in [-0.15, -0.1) is 0 Å². The molecule has 2 amide bonds. The van der Waals surface area contributed by atoms with Gasteiger partial charge in [-0.25, -0.2) is 4.79 Å². The average molecular weight is 387 g/mol. The second kappa shape index (κ2) is 9.62. The van der Waals surface area contributed by atoms with Gasteiger partial charge in [-0.05, 0) is 48.9 Å². The van der Waals surface area contributed by atoms with Crippen LogP contribution in [0.2, 0.25) is 0 Å². The molecule has 2 rings (SSSR count). The van der Waals surface area contributed by atoms with E-state index < -0.39 is 0 Å². The van der Waals surface area contributed by atoms with Gasteiger partial charge in [0.15, 0.2) is 0 Å². The van der Waals surface area contributed by atoms with Gasteiger partial charge in [-0.3, -0.25) is 4.68 Å². The number of ether oxygens (including phenoxy) is 1. The molecule has 1 aromatic heterocycles. The van der Waals surface area contributed by atoms with Crippen LogP contribution in [0.3, 0.4) is 0 Å². The Labute approximate surface area is 168 Å². The first-order chi connectivity index (χ1) is 13.1. The third-order valence-corrected chi connectivity index (χ3v) is 4.58. The van der Waals surface area contributed by atoms with E-state index in [0.29, 0.717) is 25.6 Å². The fourth-order valence-corrected chi connectivity index (χ4v) is 2.93. The monoisotopic (exact) mass is 386 g/mol. The summed E-state index contributed by atoms with van der Waals surface area (Å²) in [6.45, 7) is 15.0. The molecule has 1 aromatic carbocycles. The highest BCUT2D eigenvalue weighted by molar-refractivity contribution is 5.73. The van der Waals surface area contributed by atoms with Crippen molar-refractivity contribution in [3.63, 3.8) is 0 Å². The van der Waals surface area contributed by atoms with Crippen LogP contribution in [-0.4, -0.2) is 35.5 Å². The third kappa shape index (κ3) is 6.91. The van der Waals surface area contributed by atoms with Crippen LogP contribution in [0.5, 0.6) is 5.75 Å². The van der Waals surface area contributed by atoms with Crippen molar-refractivity contribution in [2.45, 2.75) is 53.5 Å². The van der Waals surface area contributed by atoms with Crippen molar-refractivity contribution in [1.29, 1.82) is 0 Å². The van der Waals surface area contributed by atoms with Gasteiger partial charge in [0.05, 0.1) is 12.2 Å². The van der Waals surface area contributed by atoms with Crippen LogP contribution in [-0.2, 0) is 12.0 Å². The van der Waals surface area contributed by atoms with E-state index >= 15 is 0 Å². The Kier molecular flexibility index (Phi) is 7.49. The lowest BCUT2D eigenvalue weighted by atomic mass is 9.87. The quantitative estimate of drug-likeness (QED) is 0.678. The highest BCUT2D eigenvalue weighted by Crippen LogP contribution is 2.24. The number of rotatable bonds is 8. The molecule has 2 aromatic rings. The summed E-state index contributed by atoms with van der Waals surface area (Å²) in [5.41, 5.74) is 3.56. The number of nitrogens with zero attached hydrogens (tertiary/aromatic N) is 2. The van der Waals surface area contributed by atoms with Gasteiger partial charge in [0, 0.05) is 18.8 Å². The average Bonchev–Trinajstić information content (AvgIpc) is 2.93. The van der Waals surface area contributed by atoms with Crippen LogP contribution >= 0.6 is 0 Å². The fourth-order valence-electron chi connectivity index (χ4n) is 2.93. The summed E-state index contributed by atoms with van der Waals surface area (Å²) < 4.78 is 7.67. The summed E-state index contributed by atoms with van der Waals surface area (Å²) in [5.74, 6) is 1.11. The standard InChI is InChI=1S/C22H34N4O2/c1-16(15-26-18(3)13-17(2)25-26)14-24-21(27)23-11-12-28-20-9-7-19(8-10-20)22(4,5)6/h7-10,13,16H,11-12,14-15H2,1-6H3,(H2,23,24,27). The van der Waals surface area contributed by atoms with Gasteiger partial charge in [0.25, 0.3) is 0 Å². The van der Waals surface area contributed by atoms with Crippen LogP contribution in [0.4, 0.5) is 4.79 Å². The minimum absolute atomic E-state index is 0.129. The lowest BCUT2D eigenvalue weighted by Crippen LogP contribution is -2.40. The predicted molar refractivity (Wildman–Crippen MR) is 113 cm³/mol. The van der Waals surface area contributed by atoms with E-state index in [1.54, 1.807) is 0 Å². The molecule has 1 heterocycles. The molecule has 28 heavy (non-hydrogen) atoms. The number of nitrogens with one attached hydrogen (secondary N) is 2. The number of benzene rings is 1. The van der Waals surface area contributed by atoms with E-state index in [2.05, 4.69) is 61.6 Å². The molecule has 2 N–H and O–H groups in total. The Hall–Kier alpha value is -2.50.